The van der Waals surface area contributed by atoms with Crippen molar-refractivity contribution in [3.05, 3.63) is 29.3 Å². The fourth-order valence-corrected chi connectivity index (χ4v) is 1.75. The monoisotopic (exact) mass is 235 g/mol. The van der Waals surface area contributed by atoms with Crippen LogP contribution in [0.3, 0.4) is 0 Å². The average Bonchev–Trinajstić information content (AvgIpc) is 2.25. The molecule has 1 aromatic carbocycles. The van der Waals surface area contributed by atoms with Gasteiger partial charge in [0.25, 0.3) is 5.91 Å². The van der Waals surface area contributed by atoms with Crippen LogP contribution in [0.4, 0.5) is 5.69 Å². The van der Waals surface area contributed by atoms with E-state index < -0.39 is 5.60 Å². The molecule has 0 radical (unpaired) electrons. The minimum atomic E-state index is -0.799. The zero-order valence-electron chi connectivity index (χ0n) is 11.5. The molecule has 1 rings (SSSR count). The summed E-state index contributed by atoms with van der Waals surface area (Å²) in [6.07, 6.45) is 0. The van der Waals surface area contributed by atoms with Crippen LogP contribution in [0.1, 0.15) is 25.0 Å². The number of carbonyl (C=O) groups is 1. The highest BCUT2D eigenvalue weighted by Crippen LogP contribution is 2.21. The summed E-state index contributed by atoms with van der Waals surface area (Å²) in [5.41, 5.74) is 2.40. The molecule has 1 amide bonds. The van der Waals surface area contributed by atoms with E-state index in [9.17, 15) is 4.79 Å². The number of benzene rings is 1. The average molecular weight is 235 g/mol. The third-order valence-electron chi connectivity index (χ3n) is 2.92. The second-order valence-electron chi connectivity index (χ2n) is 4.92. The van der Waals surface area contributed by atoms with E-state index in [1.807, 2.05) is 26.0 Å². The Labute approximate surface area is 103 Å². The van der Waals surface area contributed by atoms with Crippen molar-refractivity contribution in [2.45, 2.75) is 33.3 Å². The summed E-state index contributed by atoms with van der Waals surface area (Å²) in [6.45, 7) is 7.59. The van der Waals surface area contributed by atoms with Gasteiger partial charge in [-0.1, -0.05) is 6.07 Å². The van der Waals surface area contributed by atoms with E-state index in [1.165, 1.54) is 0 Å². The van der Waals surface area contributed by atoms with Gasteiger partial charge in [0, 0.05) is 19.8 Å². The standard InChI is InChI=1S/C14H21NO2/c1-10-7-11(2)9-12(8-10)15(5)13(16)14(3,4)17-6/h7-9H,1-6H3. The molecular formula is C14H21NO2. The molecule has 94 valence electrons. The van der Waals surface area contributed by atoms with Crippen LogP contribution < -0.4 is 4.90 Å². The fraction of sp³-hybridized carbons (Fsp3) is 0.500. The van der Waals surface area contributed by atoms with E-state index in [-0.39, 0.29) is 5.91 Å². The van der Waals surface area contributed by atoms with E-state index in [0.29, 0.717) is 0 Å². The number of anilines is 1. The van der Waals surface area contributed by atoms with Crippen LogP contribution in [0.15, 0.2) is 18.2 Å². The molecule has 3 nitrogen and oxygen atoms in total. The van der Waals surface area contributed by atoms with Gasteiger partial charge in [-0.15, -0.1) is 0 Å². The SMILES string of the molecule is COC(C)(C)C(=O)N(C)c1cc(C)cc(C)c1. The minimum absolute atomic E-state index is 0.0509. The van der Waals surface area contributed by atoms with Gasteiger partial charge >= 0.3 is 0 Å². The van der Waals surface area contributed by atoms with Crippen LogP contribution in [0.5, 0.6) is 0 Å². The molecular weight excluding hydrogens is 214 g/mol. The maximum atomic E-state index is 12.2. The van der Waals surface area contributed by atoms with Gasteiger partial charge < -0.3 is 9.64 Å². The Hall–Kier alpha value is -1.35. The molecule has 0 aromatic heterocycles. The van der Waals surface area contributed by atoms with Gasteiger partial charge in [-0.3, -0.25) is 4.79 Å². The minimum Gasteiger partial charge on any atom is -0.369 e. The van der Waals surface area contributed by atoms with Crippen molar-refractivity contribution in [1.82, 2.24) is 0 Å². The zero-order valence-corrected chi connectivity index (χ0v) is 11.5. The number of aryl methyl sites for hydroxylation is 2. The van der Waals surface area contributed by atoms with Gasteiger partial charge in [-0.05, 0) is 51.0 Å². The summed E-state index contributed by atoms with van der Waals surface area (Å²) in [6, 6.07) is 6.08. The summed E-state index contributed by atoms with van der Waals surface area (Å²) >= 11 is 0. The number of ether oxygens (including phenoxy) is 1. The van der Waals surface area contributed by atoms with Gasteiger partial charge in [0.1, 0.15) is 5.60 Å². The first-order valence-electron chi connectivity index (χ1n) is 5.69. The smallest absolute Gasteiger partial charge is 0.258 e. The van der Waals surface area contributed by atoms with Crippen molar-refractivity contribution in [1.29, 1.82) is 0 Å². The molecule has 0 heterocycles. The number of hydrogen-bond acceptors (Lipinski definition) is 2. The highest BCUT2D eigenvalue weighted by molar-refractivity contribution is 5.98. The molecule has 0 fully saturated rings. The molecule has 1 aromatic rings. The first-order chi connectivity index (χ1) is 7.77. The van der Waals surface area contributed by atoms with Gasteiger partial charge in [0.2, 0.25) is 0 Å². The lowest BCUT2D eigenvalue weighted by Gasteiger charge is -2.28. The van der Waals surface area contributed by atoms with E-state index in [4.69, 9.17) is 4.74 Å². The Morgan fingerprint density at radius 2 is 1.65 bits per heavy atom. The second-order valence-corrected chi connectivity index (χ2v) is 4.92. The lowest BCUT2D eigenvalue weighted by Crippen LogP contribution is -2.44. The molecule has 0 aliphatic carbocycles. The highest BCUT2D eigenvalue weighted by Gasteiger charge is 2.30. The maximum Gasteiger partial charge on any atom is 0.258 e. The third kappa shape index (κ3) is 3.07. The zero-order chi connectivity index (χ0) is 13.2. The van der Waals surface area contributed by atoms with Crippen molar-refractivity contribution >= 4 is 11.6 Å². The quantitative estimate of drug-likeness (QED) is 0.806. The lowest BCUT2D eigenvalue weighted by atomic mass is 10.1. The summed E-state index contributed by atoms with van der Waals surface area (Å²) in [5, 5.41) is 0. The van der Waals surface area contributed by atoms with Crippen molar-refractivity contribution < 1.29 is 9.53 Å². The number of hydrogen-bond donors (Lipinski definition) is 0. The number of rotatable bonds is 3. The molecule has 17 heavy (non-hydrogen) atoms. The maximum absolute atomic E-state index is 12.2. The number of carbonyl (C=O) groups excluding carboxylic acids is 1. The Balaban J connectivity index is 3.04. The topological polar surface area (TPSA) is 29.5 Å². The molecule has 0 N–H and O–H groups in total. The Kier molecular flexibility index (Phi) is 3.94. The predicted molar refractivity (Wildman–Crippen MR) is 70.4 cm³/mol. The van der Waals surface area contributed by atoms with E-state index in [2.05, 4.69) is 6.07 Å². The molecule has 0 saturated heterocycles. The van der Waals surface area contributed by atoms with Crippen molar-refractivity contribution in [3.8, 4) is 0 Å². The highest BCUT2D eigenvalue weighted by atomic mass is 16.5. The summed E-state index contributed by atoms with van der Waals surface area (Å²) in [5.74, 6) is -0.0509. The number of methoxy groups -OCH3 is 1. The van der Waals surface area contributed by atoms with Crippen LogP contribution in [0.25, 0.3) is 0 Å². The Bertz CT molecular complexity index is 404. The molecule has 0 aliphatic heterocycles. The van der Waals surface area contributed by atoms with E-state index in [0.717, 1.165) is 16.8 Å². The first-order valence-corrected chi connectivity index (χ1v) is 5.69. The summed E-state index contributed by atoms with van der Waals surface area (Å²) < 4.78 is 5.21. The van der Waals surface area contributed by atoms with E-state index in [1.54, 1.807) is 32.9 Å². The van der Waals surface area contributed by atoms with Crippen LogP contribution in [-0.4, -0.2) is 25.7 Å². The summed E-state index contributed by atoms with van der Waals surface area (Å²) in [4.78, 5) is 13.9. The number of likely N-dealkylation sites (N-methyl/N-ethyl adjacent to an activating group) is 1. The molecule has 0 aliphatic rings. The summed E-state index contributed by atoms with van der Waals surface area (Å²) in [7, 11) is 3.32. The van der Waals surface area contributed by atoms with E-state index >= 15 is 0 Å². The fourth-order valence-electron chi connectivity index (χ4n) is 1.75. The van der Waals surface area contributed by atoms with Crippen molar-refractivity contribution in [2.75, 3.05) is 19.1 Å². The van der Waals surface area contributed by atoms with Crippen LogP contribution in [0.2, 0.25) is 0 Å². The van der Waals surface area contributed by atoms with Gasteiger partial charge in [0.05, 0.1) is 0 Å². The molecule has 0 spiro atoms. The largest absolute Gasteiger partial charge is 0.369 e. The number of amides is 1. The third-order valence-corrected chi connectivity index (χ3v) is 2.92. The van der Waals surface area contributed by atoms with Crippen molar-refractivity contribution in [3.63, 3.8) is 0 Å². The van der Waals surface area contributed by atoms with Crippen LogP contribution in [-0.2, 0) is 9.53 Å². The van der Waals surface area contributed by atoms with Crippen LogP contribution in [0, 0.1) is 13.8 Å². The molecule has 0 atom stereocenters. The first kappa shape index (κ1) is 13.7. The Morgan fingerprint density at radius 3 is 2.06 bits per heavy atom. The molecule has 0 bridgehead atoms. The normalized spacial score (nSPS) is 11.4. The molecule has 0 unspecified atom stereocenters. The molecule has 0 saturated carbocycles. The van der Waals surface area contributed by atoms with Gasteiger partial charge in [0.15, 0.2) is 0 Å². The van der Waals surface area contributed by atoms with Crippen molar-refractivity contribution in [2.24, 2.45) is 0 Å². The lowest BCUT2D eigenvalue weighted by molar-refractivity contribution is -0.136. The Morgan fingerprint density at radius 1 is 1.18 bits per heavy atom. The number of nitrogens with zero attached hydrogens (tertiary/aromatic N) is 1. The molecule has 3 heteroatoms. The predicted octanol–water partition coefficient (Wildman–Crippen LogP) is 2.69. The second kappa shape index (κ2) is 4.88. The van der Waals surface area contributed by atoms with Gasteiger partial charge in [-0.2, -0.15) is 0 Å². The van der Waals surface area contributed by atoms with Gasteiger partial charge in [-0.25, -0.2) is 0 Å². The van der Waals surface area contributed by atoms with Crippen LogP contribution >= 0.6 is 0 Å².